The summed E-state index contributed by atoms with van der Waals surface area (Å²) in [5.74, 6) is -0.185. The Morgan fingerprint density at radius 2 is 1.70 bits per heavy atom. The van der Waals surface area contributed by atoms with Crippen molar-refractivity contribution in [3.63, 3.8) is 0 Å². The van der Waals surface area contributed by atoms with E-state index in [0.29, 0.717) is 5.58 Å². The van der Waals surface area contributed by atoms with Crippen molar-refractivity contribution in [2.45, 2.75) is 59.0 Å². The molecule has 0 N–H and O–H groups in total. The highest BCUT2D eigenvalue weighted by molar-refractivity contribution is 7.99. The van der Waals surface area contributed by atoms with E-state index >= 15 is 0 Å². The number of thioether (sulfide) groups is 1. The molecule has 37 heavy (non-hydrogen) atoms. The van der Waals surface area contributed by atoms with Gasteiger partial charge in [-0.3, -0.25) is 4.79 Å². The van der Waals surface area contributed by atoms with Crippen LogP contribution in [0.25, 0.3) is 22.3 Å². The minimum Gasteiger partial charge on any atom is -0.465 e. The summed E-state index contributed by atoms with van der Waals surface area (Å²) >= 11 is 1.30. The summed E-state index contributed by atoms with van der Waals surface area (Å²) in [7, 11) is 0. The van der Waals surface area contributed by atoms with E-state index in [1.807, 2.05) is 95.3 Å². The Labute approximate surface area is 221 Å². The summed E-state index contributed by atoms with van der Waals surface area (Å²) in [5, 5.41) is 0.919. The van der Waals surface area contributed by atoms with Gasteiger partial charge in [-0.25, -0.2) is 0 Å². The SMILES string of the molecule is CC(C)=CC(C(=O)OCC(C)(CSc1ccc2cc(-c3ccccc3)oc2c1)CC(F)(F)F)C(C)(C)C. The van der Waals surface area contributed by atoms with Gasteiger partial charge in [-0.15, -0.1) is 11.8 Å². The Bertz CT molecular complexity index is 1230. The Kier molecular flexibility index (Phi) is 8.89. The van der Waals surface area contributed by atoms with Crippen molar-refractivity contribution >= 4 is 28.7 Å². The van der Waals surface area contributed by atoms with E-state index < -0.39 is 35.3 Å². The van der Waals surface area contributed by atoms with E-state index in [2.05, 4.69) is 0 Å². The molecule has 0 bridgehead atoms. The first-order valence-corrected chi connectivity index (χ1v) is 13.2. The van der Waals surface area contributed by atoms with Crippen LogP contribution in [0, 0.1) is 16.7 Å². The lowest BCUT2D eigenvalue weighted by Gasteiger charge is -2.32. The number of allylic oxidation sites excluding steroid dienone is 1. The van der Waals surface area contributed by atoms with Crippen molar-refractivity contribution in [1.82, 2.24) is 0 Å². The fourth-order valence-electron chi connectivity index (χ4n) is 4.07. The molecule has 200 valence electrons. The number of furan rings is 1. The molecule has 0 amide bonds. The molecular weight excluding hydrogens is 497 g/mol. The molecule has 0 aliphatic rings. The Morgan fingerprint density at radius 1 is 1.03 bits per heavy atom. The molecule has 2 aromatic carbocycles. The first kappa shape index (κ1) is 28.9. The van der Waals surface area contributed by atoms with Gasteiger partial charge in [0.15, 0.2) is 0 Å². The van der Waals surface area contributed by atoms with Crippen molar-refractivity contribution in [3.8, 4) is 11.3 Å². The van der Waals surface area contributed by atoms with Crippen LogP contribution in [0.3, 0.4) is 0 Å². The Balaban J connectivity index is 1.75. The Hall–Kier alpha value is -2.67. The third-order valence-corrected chi connectivity index (χ3v) is 7.44. The zero-order valence-corrected chi connectivity index (χ0v) is 23.1. The first-order chi connectivity index (χ1) is 17.2. The summed E-state index contributed by atoms with van der Waals surface area (Å²) in [6, 6.07) is 17.3. The lowest BCUT2D eigenvalue weighted by atomic mass is 9.79. The number of hydrogen-bond donors (Lipinski definition) is 0. The van der Waals surface area contributed by atoms with Gasteiger partial charge < -0.3 is 9.15 Å². The fourth-order valence-corrected chi connectivity index (χ4v) is 5.13. The number of ether oxygens (including phenoxy) is 1. The van der Waals surface area contributed by atoms with Crippen LogP contribution in [0.15, 0.2) is 75.6 Å². The van der Waals surface area contributed by atoms with E-state index in [1.165, 1.54) is 18.7 Å². The second-order valence-electron chi connectivity index (χ2n) is 11.3. The van der Waals surface area contributed by atoms with Gasteiger partial charge >= 0.3 is 12.1 Å². The normalized spacial score (nSPS) is 14.7. The molecule has 0 radical (unpaired) electrons. The molecule has 0 aliphatic heterocycles. The van der Waals surface area contributed by atoms with Gasteiger partial charge in [0.05, 0.1) is 18.9 Å². The Morgan fingerprint density at radius 3 is 2.30 bits per heavy atom. The zero-order valence-electron chi connectivity index (χ0n) is 22.2. The van der Waals surface area contributed by atoms with Gasteiger partial charge in [0.25, 0.3) is 0 Å². The van der Waals surface area contributed by atoms with Gasteiger partial charge in [-0.2, -0.15) is 13.2 Å². The lowest BCUT2D eigenvalue weighted by Crippen LogP contribution is -2.36. The summed E-state index contributed by atoms with van der Waals surface area (Å²) in [6.07, 6.45) is -3.62. The number of rotatable bonds is 9. The van der Waals surface area contributed by atoms with Crippen LogP contribution in [-0.2, 0) is 9.53 Å². The number of carbonyl (C=O) groups is 1. The van der Waals surface area contributed by atoms with Gasteiger partial charge in [0.1, 0.15) is 11.3 Å². The third-order valence-electron chi connectivity index (χ3n) is 6.01. The number of fused-ring (bicyclic) bond motifs is 1. The number of benzene rings is 2. The predicted molar refractivity (Wildman–Crippen MR) is 144 cm³/mol. The minimum absolute atomic E-state index is 0.125. The molecule has 2 unspecified atom stereocenters. The van der Waals surface area contributed by atoms with Gasteiger partial charge in [0.2, 0.25) is 0 Å². The van der Waals surface area contributed by atoms with Crippen molar-refractivity contribution in [2.24, 2.45) is 16.7 Å². The van der Waals surface area contributed by atoms with E-state index in [0.717, 1.165) is 27.2 Å². The molecule has 3 nitrogen and oxygen atoms in total. The second kappa shape index (κ2) is 11.4. The van der Waals surface area contributed by atoms with Crippen molar-refractivity contribution in [2.75, 3.05) is 12.4 Å². The van der Waals surface area contributed by atoms with Crippen LogP contribution in [0.2, 0.25) is 0 Å². The fraction of sp³-hybridized carbons (Fsp3) is 0.433. The molecule has 1 heterocycles. The quantitative estimate of drug-likeness (QED) is 0.156. The molecule has 1 aromatic heterocycles. The van der Waals surface area contributed by atoms with Gasteiger partial charge in [-0.05, 0) is 43.5 Å². The van der Waals surface area contributed by atoms with Gasteiger partial charge in [-0.1, -0.05) is 69.7 Å². The van der Waals surface area contributed by atoms with E-state index in [-0.39, 0.29) is 12.4 Å². The van der Waals surface area contributed by atoms with Crippen LogP contribution < -0.4 is 0 Å². The van der Waals surface area contributed by atoms with E-state index in [1.54, 1.807) is 0 Å². The highest BCUT2D eigenvalue weighted by Crippen LogP contribution is 2.40. The van der Waals surface area contributed by atoms with E-state index in [9.17, 15) is 18.0 Å². The molecule has 0 spiro atoms. The zero-order chi connectivity index (χ0) is 27.4. The van der Waals surface area contributed by atoms with Crippen LogP contribution in [0.4, 0.5) is 13.2 Å². The largest absolute Gasteiger partial charge is 0.465 e. The highest BCUT2D eigenvalue weighted by Gasteiger charge is 2.41. The number of halogens is 3. The van der Waals surface area contributed by atoms with E-state index in [4.69, 9.17) is 9.15 Å². The second-order valence-corrected chi connectivity index (χ2v) is 12.3. The molecule has 3 aromatic rings. The number of esters is 1. The molecule has 3 rings (SSSR count). The van der Waals surface area contributed by atoms with Crippen molar-refractivity contribution in [3.05, 3.63) is 66.2 Å². The van der Waals surface area contributed by atoms with Crippen LogP contribution in [0.5, 0.6) is 0 Å². The molecule has 7 heteroatoms. The van der Waals surface area contributed by atoms with Crippen LogP contribution in [0.1, 0.15) is 48.0 Å². The van der Waals surface area contributed by atoms with Crippen molar-refractivity contribution in [1.29, 1.82) is 0 Å². The average Bonchev–Trinajstić information content (AvgIpc) is 3.22. The summed E-state index contributed by atoms with van der Waals surface area (Å²) in [6.45, 7) is 10.7. The monoisotopic (exact) mass is 532 g/mol. The smallest absolute Gasteiger partial charge is 0.389 e. The number of alkyl halides is 3. The lowest BCUT2D eigenvalue weighted by molar-refractivity contribution is -0.170. The molecule has 0 fully saturated rings. The highest BCUT2D eigenvalue weighted by atomic mass is 32.2. The maximum atomic E-state index is 13.5. The first-order valence-electron chi connectivity index (χ1n) is 12.3. The third kappa shape index (κ3) is 8.42. The van der Waals surface area contributed by atoms with Gasteiger partial charge in [0, 0.05) is 27.0 Å². The number of carbonyl (C=O) groups excluding carboxylic acids is 1. The summed E-state index contributed by atoms with van der Waals surface area (Å²) < 4.78 is 52.1. The summed E-state index contributed by atoms with van der Waals surface area (Å²) in [5.41, 5.74) is 0.866. The van der Waals surface area contributed by atoms with Crippen LogP contribution in [-0.4, -0.2) is 24.5 Å². The molecule has 0 aliphatic carbocycles. The minimum atomic E-state index is -4.39. The number of hydrogen-bond acceptors (Lipinski definition) is 4. The van der Waals surface area contributed by atoms with Crippen LogP contribution >= 0.6 is 11.8 Å². The van der Waals surface area contributed by atoms with Crippen molar-refractivity contribution < 1.29 is 27.1 Å². The predicted octanol–water partition coefficient (Wildman–Crippen LogP) is 9.32. The topological polar surface area (TPSA) is 39.4 Å². The molecule has 0 saturated carbocycles. The molecule has 0 saturated heterocycles. The summed E-state index contributed by atoms with van der Waals surface area (Å²) in [4.78, 5) is 13.7. The maximum Gasteiger partial charge on any atom is 0.389 e. The maximum absolute atomic E-state index is 13.5. The molecule has 2 atom stereocenters. The average molecular weight is 533 g/mol. The molecular formula is C30H35F3O3S. The standard InChI is InChI=1S/C30H35F3O3S/c1-20(2)14-24(28(3,4)5)27(34)35-18-29(6,17-30(31,32)33)19-37-23-13-12-22-15-25(36-26(22)16-23)21-10-8-7-9-11-21/h7-16,24H,17-19H2,1-6H3.